The van der Waals surface area contributed by atoms with Gasteiger partial charge in [-0.2, -0.15) is 5.10 Å². The molecule has 130 valence electrons. The van der Waals surface area contributed by atoms with Crippen LogP contribution >= 0.6 is 11.8 Å². The summed E-state index contributed by atoms with van der Waals surface area (Å²) in [6, 6.07) is 4.21. The molecule has 8 heteroatoms. The molecular formula is C17H13F3N2O2S. The van der Waals surface area contributed by atoms with E-state index in [-0.39, 0.29) is 11.5 Å². The van der Waals surface area contributed by atoms with Crippen molar-refractivity contribution in [2.45, 2.75) is 36.9 Å². The first-order chi connectivity index (χ1) is 11.7. The van der Waals surface area contributed by atoms with Crippen LogP contribution < -0.4 is 4.74 Å². The number of aromatic amines is 1. The van der Waals surface area contributed by atoms with Crippen molar-refractivity contribution in [1.29, 1.82) is 0 Å². The molecule has 2 aliphatic rings. The van der Waals surface area contributed by atoms with Gasteiger partial charge in [-0.25, -0.2) is 0 Å². The van der Waals surface area contributed by atoms with E-state index in [9.17, 15) is 18.0 Å². The number of aromatic nitrogens is 2. The third kappa shape index (κ3) is 2.55. The molecule has 0 unspecified atom stereocenters. The number of benzene rings is 1. The van der Waals surface area contributed by atoms with Gasteiger partial charge < -0.3 is 4.74 Å². The smallest absolute Gasteiger partial charge is 0.406 e. The number of rotatable bonds is 1. The van der Waals surface area contributed by atoms with Gasteiger partial charge in [0.1, 0.15) is 5.75 Å². The largest absolute Gasteiger partial charge is 0.573 e. The normalized spacial score (nSPS) is 18.5. The Balaban J connectivity index is 1.77. The Kier molecular flexibility index (Phi) is 3.34. The number of halogens is 3. The minimum atomic E-state index is -4.74. The second-order valence-corrected chi connectivity index (χ2v) is 7.57. The van der Waals surface area contributed by atoms with E-state index in [1.807, 2.05) is 13.8 Å². The first-order valence-corrected chi connectivity index (χ1v) is 8.37. The molecule has 0 fully saturated rings. The molecule has 4 rings (SSSR count). The SMILES string of the molecule is CC1(C)C(=O)C2=C(Sc3cc(OC(F)(F)F)ccc3C2)c2[nH]ncc21. The number of ether oxygens (including phenoxy) is 1. The van der Waals surface area contributed by atoms with E-state index in [1.54, 1.807) is 12.3 Å². The van der Waals surface area contributed by atoms with Crippen LogP contribution in [0.15, 0.2) is 34.9 Å². The Bertz CT molecular complexity index is 928. The van der Waals surface area contributed by atoms with Gasteiger partial charge in [-0.1, -0.05) is 17.8 Å². The maximum Gasteiger partial charge on any atom is 0.573 e. The summed E-state index contributed by atoms with van der Waals surface area (Å²) < 4.78 is 41.3. The highest BCUT2D eigenvalue weighted by Gasteiger charge is 2.43. The summed E-state index contributed by atoms with van der Waals surface area (Å²) in [5, 5.41) is 6.97. The van der Waals surface area contributed by atoms with Crippen LogP contribution in [0.1, 0.15) is 30.7 Å². The number of carbonyl (C=O) groups is 1. The van der Waals surface area contributed by atoms with Crippen LogP contribution in [-0.2, 0) is 16.6 Å². The number of fused-ring (bicyclic) bond motifs is 3. The van der Waals surface area contributed by atoms with Crippen LogP contribution in [0.25, 0.3) is 4.91 Å². The van der Waals surface area contributed by atoms with Crippen LogP contribution in [0.3, 0.4) is 0 Å². The highest BCUT2D eigenvalue weighted by molar-refractivity contribution is 8.08. The van der Waals surface area contributed by atoms with Crippen molar-refractivity contribution < 1.29 is 22.7 Å². The van der Waals surface area contributed by atoms with Crippen molar-refractivity contribution in [3.8, 4) is 5.75 Å². The van der Waals surface area contributed by atoms with Crippen molar-refractivity contribution >= 4 is 22.5 Å². The van der Waals surface area contributed by atoms with Crippen molar-refractivity contribution in [3.05, 3.63) is 46.8 Å². The van der Waals surface area contributed by atoms with E-state index in [2.05, 4.69) is 14.9 Å². The summed E-state index contributed by atoms with van der Waals surface area (Å²) in [7, 11) is 0. The average Bonchev–Trinajstić information content (AvgIpc) is 3.01. The van der Waals surface area contributed by atoms with Crippen molar-refractivity contribution in [1.82, 2.24) is 10.2 Å². The zero-order valence-electron chi connectivity index (χ0n) is 13.3. The molecule has 0 bridgehead atoms. The molecule has 0 saturated carbocycles. The first kappa shape index (κ1) is 16.3. The van der Waals surface area contributed by atoms with Gasteiger partial charge in [-0.3, -0.25) is 9.89 Å². The number of H-pyrrole nitrogens is 1. The number of nitrogens with one attached hydrogen (secondary N) is 1. The Labute approximate surface area is 145 Å². The summed E-state index contributed by atoms with van der Waals surface area (Å²) >= 11 is 1.27. The van der Waals surface area contributed by atoms with E-state index in [4.69, 9.17) is 0 Å². The van der Waals surface area contributed by atoms with Crippen LogP contribution in [0, 0.1) is 0 Å². The van der Waals surface area contributed by atoms with Crippen LogP contribution in [0.4, 0.5) is 13.2 Å². The zero-order valence-corrected chi connectivity index (χ0v) is 14.1. The fourth-order valence-electron chi connectivity index (χ4n) is 3.23. The van der Waals surface area contributed by atoms with Crippen molar-refractivity contribution in [3.63, 3.8) is 0 Å². The lowest BCUT2D eigenvalue weighted by Crippen LogP contribution is -2.35. The van der Waals surface area contributed by atoms with E-state index in [1.165, 1.54) is 23.9 Å². The molecular weight excluding hydrogens is 353 g/mol. The van der Waals surface area contributed by atoms with Crippen molar-refractivity contribution in [2.24, 2.45) is 0 Å². The van der Waals surface area contributed by atoms with Gasteiger partial charge in [-0.15, -0.1) is 13.2 Å². The average molecular weight is 366 g/mol. The lowest BCUT2D eigenvalue weighted by atomic mass is 9.73. The highest BCUT2D eigenvalue weighted by Crippen LogP contribution is 2.51. The lowest BCUT2D eigenvalue weighted by molar-refractivity contribution is -0.274. The molecule has 0 amide bonds. The van der Waals surface area contributed by atoms with E-state index < -0.39 is 11.8 Å². The van der Waals surface area contributed by atoms with Gasteiger partial charge in [0.2, 0.25) is 0 Å². The number of ketones is 1. The highest BCUT2D eigenvalue weighted by atomic mass is 32.2. The summed E-state index contributed by atoms with van der Waals surface area (Å²) in [5.41, 5.74) is 2.36. The number of nitrogens with zero attached hydrogens (tertiary/aromatic N) is 1. The molecule has 0 spiro atoms. The van der Waals surface area contributed by atoms with E-state index in [0.717, 1.165) is 21.7 Å². The maximum absolute atomic E-state index is 12.9. The molecule has 0 radical (unpaired) electrons. The fraction of sp³-hybridized carbons (Fsp3) is 0.294. The van der Waals surface area contributed by atoms with E-state index >= 15 is 0 Å². The molecule has 1 aromatic carbocycles. The van der Waals surface area contributed by atoms with E-state index in [0.29, 0.717) is 16.9 Å². The molecule has 1 aliphatic carbocycles. The molecule has 2 heterocycles. The standard InChI is InChI=1S/C17H13F3N2O2S/c1-16(2)11-7-21-22-13(11)14-10(15(16)23)5-8-3-4-9(6-12(8)25-14)24-17(18,19)20/h3-4,6-7H,5H2,1-2H3,(H,21,22). The molecule has 0 atom stereocenters. The zero-order chi connectivity index (χ0) is 18.0. The third-order valence-corrected chi connectivity index (χ3v) is 5.76. The Morgan fingerprint density at radius 3 is 2.80 bits per heavy atom. The topological polar surface area (TPSA) is 55.0 Å². The van der Waals surface area contributed by atoms with Crippen molar-refractivity contribution in [2.75, 3.05) is 0 Å². The van der Waals surface area contributed by atoms with Gasteiger partial charge in [-0.05, 0) is 31.5 Å². The van der Waals surface area contributed by atoms with Gasteiger partial charge in [0.15, 0.2) is 5.78 Å². The van der Waals surface area contributed by atoms with Gasteiger partial charge in [0.25, 0.3) is 0 Å². The summed E-state index contributed by atoms with van der Waals surface area (Å²) in [6.45, 7) is 3.71. The monoisotopic (exact) mass is 366 g/mol. The maximum atomic E-state index is 12.9. The Morgan fingerprint density at radius 2 is 2.08 bits per heavy atom. The lowest BCUT2D eigenvalue weighted by Gasteiger charge is -2.33. The Morgan fingerprint density at radius 1 is 1.32 bits per heavy atom. The number of thioether (sulfide) groups is 1. The predicted molar refractivity (Wildman–Crippen MR) is 86.2 cm³/mol. The predicted octanol–water partition coefficient (Wildman–Crippen LogP) is 4.23. The van der Waals surface area contributed by atoms with Crippen LogP contribution in [-0.4, -0.2) is 22.3 Å². The second-order valence-electron chi connectivity index (χ2n) is 6.52. The molecule has 0 saturated heterocycles. The second kappa shape index (κ2) is 5.14. The molecule has 1 aliphatic heterocycles. The molecule has 4 nitrogen and oxygen atoms in total. The number of carbonyl (C=O) groups excluding carboxylic acids is 1. The Hall–Kier alpha value is -2.22. The summed E-state index contributed by atoms with van der Waals surface area (Å²) in [5.74, 6) is -0.250. The third-order valence-electron chi connectivity index (χ3n) is 4.51. The number of alkyl halides is 3. The number of hydrogen-bond donors (Lipinski definition) is 1. The number of allylic oxidation sites excluding steroid dienone is 1. The first-order valence-electron chi connectivity index (χ1n) is 7.55. The minimum absolute atomic E-state index is 0.0187. The summed E-state index contributed by atoms with van der Waals surface area (Å²) in [6.07, 6.45) is -2.72. The molecule has 1 N–H and O–H groups in total. The summed E-state index contributed by atoms with van der Waals surface area (Å²) in [4.78, 5) is 14.3. The fourth-order valence-corrected chi connectivity index (χ4v) is 4.45. The van der Waals surface area contributed by atoms with Crippen LogP contribution in [0.2, 0.25) is 0 Å². The molecule has 2 aromatic rings. The van der Waals surface area contributed by atoms with Gasteiger partial charge in [0, 0.05) is 27.4 Å². The number of hydrogen-bond acceptors (Lipinski definition) is 4. The molecule has 25 heavy (non-hydrogen) atoms. The number of Topliss-reactive ketones (excluding diaryl/α,β-unsaturated/α-hetero) is 1. The van der Waals surface area contributed by atoms with Gasteiger partial charge in [0.05, 0.1) is 17.3 Å². The molecule has 1 aromatic heterocycles. The van der Waals surface area contributed by atoms with Crippen LogP contribution in [0.5, 0.6) is 5.75 Å². The minimum Gasteiger partial charge on any atom is -0.406 e. The quantitative estimate of drug-likeness (QED) is 0.821. The van der Waals surface area contributed by atoms with Gasteiger partial charge >= 0.3 is 6.36 Å².